The maximum atomic E-state index is 13.0. The fraction of sp³-hybridized carbons (Fsp3) is 0.190. The Balaban J connectivity index is 1.54. The Bertz CT molecular complexity index is 1020. The van der Waals surface area contributed by atoms with Gasteiger partial charge in [-0.15, -0.1) is 0 Å². The second-order valence-electron chi connectivity index (χ2n) is 6.48. The van der Waals surface area contributed by atoms with Crippen molar-refractivity contribution < 1.29 is 18.4 Å². The molecule has 2 aromatic heterocycles. The predicted octanol–water partition coefficient (Wildman–Crippen LogP) is 3.02. The Kier molecular flexibility index (Phi) is 5.15. The summed E-state index contributed by atoms with van der Waals surface area (Å²) in [4.78, 5) is 25.0. The van der Waals surface area contributed by atoms with E-state index in [4.69, 9.17) is 8.83 Å². The zero-order valence-corrected chi connectivity index (χ0v) is 15.8. The number of anilines is 1. The fourth-order valence-electron chi connectivity index (χ4n) is 3.26. The van der Waals surface area contributed by atoms with Gasteiger partial charge in [0.25, 0.3) is 11.8 Å². The fourth-order valence-corrected chi connectivity index (χ4v) is 3.26. The highest BCUT2D eigenvalue weighted by atomic mass is 16.3. The van der Waals surface area contributed by atoms with Crippen molar-refractivity contribution in [2.24, 2.45) is 5.10 Å². The maximum Gasteiger partial charge on any atom is 0.262 e. The van der Waals surface area contributed by atoms with Crippen LogP contribution < -0.4 is 10.6 Å². The average molecular weight is 392 g/mol. The number of furan rings is 2. The number of carbonyl (C=O) groups is 2. The Morgan fingerprint density at radius 1 is 1.10 bits per heavy atom. The van der Waals surface area contributed by atoms with Gasteiger partial charge in [-0.2, -0.15) is 5.10 Å². The highest BCUT2D eigenvalue weighted by molar-refractivity contribution is 6.02. The molecule has 2 amide bonds. The SMILES string of the molecule is CNC(=O)c1ccccc1NCC(=O)N1N=C(c2ccco2)CC1c1ccco1. The summed E-state index contributed by atoms with van der Waals surface area (Å²) >= 11 is 0. The summed E-state index contributed by atoms with van der Waals surface area (Å²) in [5.74, 6) is 0.789. The number of nitrogens with one attached hydrogen (secondary N) is 2. The van der Waals surface area contributed by atoms with E-state index in [2.05, 4.69) is 15.7 Å². The lowest BCUT2D eigenvalue weighted by molar-refractivity contribution is -0.131. The molecule has 4 rings (SSSR count). The molecule has 1 aromatic carbocycles. The first kappa shape index (κ1) is 18.5. The second kappa shape index (κ2) is 8.05. The lowest BCUT2D eigenvalue weighted by atomic mass is 10.1. The van der Waals surface area contributed by atoms with E-state index in [9.17, 15) is 9.59 Å². The zero-order chi connectivity index (χ0) is 20.2. The molecule has 8 nitrogen and oxygen atoms in total. The van der Waals surface area contributed by atoms with Gasteiger partial charge in [0.2, 0.25) is 0 Å². The third kappa shape index (κ3) is 3.77. The van der Waals surface area contributed by atoms with Gasteiger partial charge in [-0.25, -0.2) is 5.01 Å². The first-order valence-corrected chi connectivity index (χ1v) is 9.19. The lowest BCUT2D eigenvalue weighted by Crippen LogP contribution is -2.32. The maximum absolute atomic E-state index is 13.0. The highest BCUT2D eigenvalue weighted by Gasteiger charge is 2.35. The van der Waals surface area contributed by atoms with Crippen molar-refractivity contribution in [1.82, 2.24) is 10.3 Å². The van der Waals surface area contributed by atoms with E-state index in [0.717, 1.165) is 0 Å². The van der Waals surface area contributed by atoms with Gasteiger partial charge in [0.05, 0.1) is 24.6 Å². The van der Waals surface area contributed by atoms with E-state index in [-0.39, 0.29) is 24.4 Å². The number of benzene rings is 1. The van der Waals surface area contributed by atoms with E-state index in [1.54, 1.807) is 56.0 Å². The van der Waals surface area contributed by atoms with Gasteiger partial charge < -0.3 is 19.5 Å². The van der Waals surface area contributed by atoms with Crippen molar-refractivity contribution in [3.05, 3.63) is 78.1 Å². The van der Waals surface area contributed by atoms with Crippen LogP contribution in [0.15, 0.2) is 75.0 Å². The number of hydrogen-bond donors (Lipinski definition) is 2. The second-order valence-corrected chi connectivity index (χ2v) is 6.48. The van der Waals surface area contributed by atoms with Gasteiger partial charge in [0.15, 0.2) is 0 Å². The summed E-state index contributed by atoms with van der Waals surface area (Å²) in [5.41, 5.74) is 1.71. The third-order valence-electron chi connectivity index (χ3n) is 4.67. The van der Waals surface area contributed by atoms with Crippen molar-refractivity contribution in [1.29, 1.82) is 0 Å². The van der Waals surface area contributed by atoms with E-state index in [0.29, 0.717) is 34.9 Å². The van der Waals surface area contributed by atoms with Crippen molar-refractivity contribution >= 4 is 23.2 Å². The minimum atomic E-state index is -0.353. The highest BCUT2D eigenvalue weighted by Crippen LogP contribution is 2.33. The summed E-state index contributed by atoms with van der Waals surface area (Å²) in [6.45, 7) is -0.0276. The van der Waals surface area contributed by atoms with E-state index in [1.807, 2.05) is 12.1 Å². The van der Waals surface area contributed by atoms with Gasteiger partial charge in [0.1, 0.15) is 23.3 Å². The molecule has 0 bridgehead atoms. The number of hydrogen-bond acceptors (Lipinski definition) is 6. The Morgan fingerprint density at radius 3 is 2.62 bits per heavy atom. The molecule has 29 heavy (non-hydrogen) atoms. The number of nitrogens with zero attached hydrogens (tertiary/aromatic N) is 2. The van der Waals surface area contributed by atoms with E-state index >= 15 is 0 Å². The van der Waals surface area contributed by atoms with Crippen LogP contribution in [0.25, 0.3) is 0 Å². The number of rotatable bonds is 6. The molecule has 148 valence electrons. The Hall–Kier alpha value is -3.81. The zero-order valence-electron chi connectivity index (χ0n) is 15.8. The molecular weight excluding hydrogens is 372 g/mol. The molecule has 1 unspecified atom stereocenters. The predicted molar refractivity (Wildman–Crippen MR) is 106 cm³/mol. The lowest BCUT2D eigenvalue weighted by Gasteiger charge is -2.20. The molecule has 0 saturated heterocycles. The van der Waals surface area contributed by atoms with Crippen molar-refractivity contribution in [2.45, 2.75) is 12.5 Å². The normalized spacial score (nSPS) is 15.8. The number of carbonyl (C=O) groups excluding carboxylic acids is 2. The van der Waals surface area contributed by atoms with Gasteiger partial charge in [0, 0.05) is 19.2 Å². The molecule has 0 fully saturated rings. The van der Waals surface area contributed by atoms with E-state index < -0.39 is 0 Å². The van der Waals surface area contributed by atoms with Crippen LogP contribution in [-0.4, -0.2) is 36.1 Å². The number of para-hydroxylation sites is 1. The first-order chi connectivity index (χ1) is 14.2. The molecule has 8 heteroatoms. The van der Waals surface area contributed by atoms with Crippen LogP contribution in [-0.2, 0) is 4.79 Å². The third-order valence-corrected chi connectivity index (χ3v) is 4.67. The molecule has 2 N–H and O–H groups in total. The monoisotopic (exact) mass is 392 g/mol. The average Bonchev–Trinajstić information content (AvgIpc) is 3.51. The van der Waals surface area contributed by atoms with Crippen LogP contribution in [0.2, 0.25) is 0 Å². The minimum Gasteiger partial charge on any atom is -0.467 e. The summed E-state index contributed by atoms with van der Waals surface area (Å²) < 4.78 is 11.0. The first-order valence-electron chi connectivity index (χ1n) is 9.19. The number of hydrazone groups is 1. The quantitative estimate of drug-likeness (QED) is 0.672. The smallest absolute Gasteiger partial charge is 0.262 e. The van der Waals surface area contributed by atoms with Gasteiger partial charge in [-0.1, -0.05) is 12.1 Å². The van der Waals surface area contributed by atoms with Crippen molar-refractivity contribution in [3.8, 4) is 0 Å². The molecule has 1 aliphatic heterocycles. The van der Waals surface area contributed by atoms with Crippen molar-refractivity contribution in [3.63, 3.8) is 0 Å². The molecule has 0 aliphatic carbocycles. The summed E-state index contributed by atoms with van der Waals surface area (Å²) in [6, 6.07) is 13.8. The molecule has 0 spiro atoms. The summed E-state index contributed by atoms with van der Waals surface area (Å²) in [6.07, 6.45) is 3.63. The van der Waals surface area contributed by atoms with Crippen LogP contribution in [0.1, 0.15) is 34.3 Å². The Morgan fingerprint density at radius 2 is 1.90 bits per heavy atom. The molecule has 1 atom stereocenters. The number of amides is 2. The van der Waals surface area contributed by atoms with Crippen LogP contribution in [0.3, 0.4) is 0 Å². The van der Waals surface area contributed by atoms with Gasteiger partial charge in [-0.3, -0.25) is 9.59 Å². The molecule has 0 radical (unpaired) electrons. The minimum absolute atomic E-state index is 0.0276. The largest absolute Gasteiger partial charge is 0.467 e. The molecular formula is C21H20N4O4. The topological polar surface area (TPSA) is 100 Å². The Labute approximate surface area is 167 Å². The summed E-state index contributed by atoms with van der Waals surface area (Å²) in [5, 5.41) is 11.5. The van der Waals surface area contributed by atoms with Gasteiger partial charge in [-0.05, 0) is 36.4 Å². The van der Waals surface area contributed by atoms with Crippen LogP contribution >= 0.6 is 0 Å². The van der Waals surface area contributed by atoms with Crippen LogP contribution in [0.4, 0.5) is 5.69 Å². The summed E-state index contributed by atoms with van der Waals surface area (Å²) in [7, 11) is 1.56. The standard InChI is InChI=1S/C21H20N4O4/c1-22-21(27)14-6-2-3-7-15(14)23-13-20(26)25-17(19-9-5-11-29-19)12-16(24-25)18-8-4-10-28-18/h2-11,17,23H,12-13H2,1H3,(H,22,27). The van der Waals surface area contributed by atoms with Crippen LogP contribution in [0.5, 0.6) is 0 Å². The van der Waals surface area contributed by atoms with Crippen LogP contribution in [0, 0.1) is 0 Å². The molecule has 3 heterocycles. The molecule has 3 aromatic rings. The van der Waals surface area contributed by atoms with Crippen molar-refractivity contribution in [2.75, 3.05) is 18.9 Å². The van der Waals surface area contributed by atoms with Gasteiger partial charge >= 0.3 is 0 Å². The molecule has 0 saturated carbocycles. The molecule has 1 aliphatic rings. The van der Waals surface area contributed by atoms with E-state index in [1.165, 1.54) is 5.01 Å².